The first-order valence-electron chi connectivity index (χ1n) is 7.80. The normalized spacial score (nSPS) is 11.0. The van der Waals surface area contributed by atoms with E-state index in [1.165, 1.54) is 28.6 Å². The van der Waals surface area contributed by atoms with Crippen molar-refractivity contribution >= 4 is 11.8 Å². The Bertz CT molecular complexity index is 1010. The van der Waals surface area contributed by atoms with Gasteiger partial charge in [0.1, 0.15) is 12.1 Å². The predicted molar refractivity (Wildman–Crippen MR) is 97.1 cm³/mol. The molecule has 0 radical (unpaired) electrons. The number of aromatic nitrogens is 4. The van der Waals surface area contributed by atoms with Crippen LogP contribution in [0.2, 0.25) is 0 Å². The monoisotopic (exact) mass is 367 g/mol. The zero-order valence-corrected chi connectivity index (χ0v) is 14.4. The molecule has 2 aromatic carbocycles. The first-order valence-corrected chi connectivity index (χ1v) is 8.78. The Morgan fingerprint density at radius 3 is 2.54 bits per heavy atom. The number of rotatable bonds is 5. The highest BCUT2D eigenvalue weighted by Crippen LogP contribution is 2.26. The molecule has 2 N–H and O–H groups in total. The third-order valence-electron chi connectivity index (χ3n) is 3.69. The lowest BCUT2D eigenvalue weighted by atomic mass is 10.2. The second-order valence-electron chi connectivity index (χ2n) is 5.48. The Hall–Kier alpha value is -3.13. The quantitative estimate of drug-likeness (QED) is 0.427. The number of thioether (sulfide) groups is 1. The standard InChI is InChI=1S/C18H14FN5OS/c19-14-8-6-12(7-9-14)16-22-23-18(24(16)20)26-11-15-10-25-17(21-15)13-4-2-1-3-5-13/h1-10H,11,20H2. The summed E-state index contributed by atoms with van der Waals surface area (Å²) in [6.45, 7) is 0. The fourth-order valence-electron chi connectivity index (χ4n) is 2.40. The van der Waals surface area contributed by atoms with Gasteiger partial charge in [0.15, 0.2) is 5.82 Å². The van der Waals surface area contributed by atoms with E-state index < -0.39 is 0 Å². The minimum atomic E-state index is -0.313. The fraction of sp³-hybridized carbons (Fsp3) is 0.0556. The number of hydrogen-bond donors (Lipinski definition) is 1. The van der Waals surface area contributed by atoms with Crippen LogP contribution in [0.5, 0.6) is 0 Å². The molecule has 0 amide bonds. The van der Waals surface area contributed by atoms with Gasteiger partial charge >= 0.3 is 0 Å². The summed E-state index contributed by atoms with van der Waals surface area (Å²) in [6, 6.07) is 15.6. The molecule has 0 aliphatic carbocycles. The molecule has 0 bridgehead atoms. The number of hydrogen-bond acceptors (Lipinski definition) is 6. The molecule has 2 aromatic heterocycles. The average Bonchev–Trinajstić information content (AvgIpc) is 3.29. The van der Waals surface area contributed by atoms with Gasteiger partial charge in [-0.05, 0) is 36.4 Å². The summed E-state index contributed by atoms with van der Waals surface area (Å²) in [7, 11) is 0. The SMILES string of the molecule is Nn1c(SCc2coc(-c3ccccc3)n2)nnc1-c1ccc(F)cc1. The first-order chi connectivity index (χ1) is 12.7. The molecular formula is C18H14FN5OS. The van der Waals surface area contributed by atoms with Gasteiger partial charge in [0.2, 0.25) is 11.0 Å². The summed E-state index contributed by atoms with van der Waals surface area (Å²) in [5.74, 6) is 7.33. The van der Waals surface area contributed by atoms with Gasteiger partial charge < -0.3 is 10.3 Å². The van der Waals surface area contributed by atoms with E-state index in [2.05, 4.69) is 15.2 Å². The van der Waals surface area contributed by atoms with Gasteiger partial charge in [-0.15, -0.1) is 10.2 Å². The molecular weight excluding hydrogens is 353 g/mol. The minimum absolute atomic E-state index is 0.313. The maximum atomic E-state index is 13.0. The van der Waals surface area contributed by atoms with Crippen LogP contribution in [0.3, 0.4) is 0 Å². The molecule has 130 valence electrons. The van der Waals surface area contributed by atoms with Crippen LogP contribution in [-0.4, -0.2) is 19.9 Å². The molecule has 2 heterocycles. The third-order valence-corrected chi connectivity index (χ3v) is 4.67. The summed E-state index contributed by atoms with van der Waals surface area (Å²) in [6.07, 6.45) is 1.62. The second kappa shape index (κ2) is 7.01. The van der Waals surface area contributed by atoms with Gasteiger partial charge in [-0.2, -0.15) is 0 Å². The number of benzene rings is 2. The highest BCUT2D eigenvalue weighted by atomic mass is 32.2. The van der Waals surface area contributed by atoms with Crippen LogP contribution in [-0.2, 0) is 5.75 Å². The molecule has 4 rings (SSSR count). The minimum Gasteiger partial charge on any atom is -0.444 e. The van der Waals surface area contributed by atoms with Gasteiger partial charge in [0.05, 0.1) is 5.69 Å². The van der Waals surface area contributed by atoms with E-state index in [1.807, 2.05) is 30.3 Å². The molecule has 26 heavy (non-hydrogen) atoms. The number of nitrogens with two attached hydrogens (primary N) is 1. The van der Waals surface area contributed by atoms with E-state index in [0.717, 1.165) is 11.3 Å². The van der Waals surface area contributed by atoms with Crippen LogP contribution in [0.4, 0.5) is 4.39 Å². The molecule has 0 aliphatic heterocycles. The second-order valence-corrected chi connectivity index (χ2v) is 6.42. The predicted octanol–water partition coefficient (Wildman–Crippen LogP) is 3.75. The highest BCUT2D eigenvalue weighted by molar-refractivity contribution is 7.98. The zero-order chi connectivity index (χ0) is 17.9. The largest absolute Gasteiger partial charge is 0.444 e. The van der Waals surface area contributed by atoms with E-state index >= 15 is 0 Å². The summed E-state index contributed by atoms with van der Waals surface area (Å²) in [5.41, 5.74) is 2.39. The van der Waals surface area contributed by atoms with Crippen molar-refractivity contribution in [1.82, 2.24) is 19.9 Å². The van der Waals surface area contributed by atoms with Gasteiger partial charge in [0.25, 0.3) is 0 Å². The van der Waals surface area contributed by atoms with Crippen LogP contribution in [0.1, 0.15) is 5.69 Å². The first kappa shape index (κ1) is 16.3. The highest BCUT2D eigenvalue weighted by Gasteiger charge is 2.14. The summed E-state index contributed by atoms with van der Waals surface area (Å²) >= 11 is 1.40. The van der Waals surface area contributed by atoms with Crippen molar-refractivity contribution in [2.75, 3.05) is 5.84 Å². The van der Waals surface area contributed by atoms with Gasteiger partial charge in [-0.1, -0.05) is 30.0 Å². The Balaban J connectivity index is 1.47. The van der Waals surface area contributed by atoms with Crippen molar-refractivity contribution in [1.29, 1.82) is 0 Å². The van der Waals surface area contributed by atoms with Crippen molar-refractivity contribution in [3.8, 4) is 22.8 Å². The van der Waals surface area contributed by atoms with Crippen LogP contribution < -0.4 is 5.84 Å². The summed E-state index contributed by atoms with van der Waals surface area (Å²) in [5, 5.41) is 8.71. The summed E-state index contributed by atoms with van der Waals surface area (Å²) < 4.78 is 20.0. The van der Waals surface area contributed by atoms with E-state index in [9.17, 15) is 4.39 Å². The van der Waals surface area contributed by atoms with E-state index in [-0.39, 0.29) is 5.82 Å². The lowest BCUT2D eigenvalue weighted by Gasteiger charge is -2.02. The number of halogens is 1. The van der Waals surface area contributed by atoms with Crippen LogP contribution >= 0.6 is 11.8 Å². The zero-order valence-electron chi connectivity index (χ0n) is 13.5. The lowest BCUT2D eigenvalue weighted by Crippen LogP contribution is -2.11. The van der Waals surface area contributed by atoms with Crippen molar-refractivity contribution in [2.45, 2.75) is 10.9 Å². The van der Waals surface area contributed by atoms with Crippen molar-refractivity contribution < 1.29 is 8.81 Å². The smallest absolute Gasteiger partial charge is 0.226 e. The number of nitrogen functional groups attached to an aromatic ring is 1. The van der Waals surface area contributed by atoms with Gasteiger partial charge in [0, 0.05) is 16.9 Å². The molecule has 0 fully saturated rings. The van der Waals surface area contributed by atoms with E-state index in [4.69, 9.17) is 10.3 Å². The van der Waals surface area contributed by atoms with Crippen molar-refractivity contribution in [3.63, 3.8) is 0 Å². The van der Waals surface area contributed by atoms with E-state index in [0.29, 0.717) is 28.2 Å². The molecule has 0 atom stereocenters. The summed E-state index contributed by atoms with van der Waals surface area (Å²) in [4.78, 5) is 4.47. The number of nitrogens with zero attached hydrogens (tertiary/aromatic N) is 4. The fourth-order valence-corrected chi connectivity index (χ4v) is 3.13. The molecule has 0 aliphatic rings. The third kappa shape index (κ3) is 3.31. The molecule has 4 aromatic rings. The maximum Gasteiger partial charge on any atom is 0.226 e. The van der Waals surface area contributed by atoms with Crippen molar-refractivity contribution in [2.24, 2.45) is 0 Å². The Kier molecular flexibility index (Phi) is 4.40. The molecule has 0 saturated heterocycles. The van der Waals surface area contributed by atoms with E-state index in [1.54, 1.807) is 18.4 Å². The lowest BCUT2D eigenvalue weighted by molar-refractivity contribution is 0.573. The number of oxazole rings is 1. The Morgan fingerprint density at radius 2 is 1.77 bits per heavy atom. The van der Waals surface area contributed by atoms with Crippen LogP contribution in [0.15, 0.2) is 70.4 Å². The molecule has 8 heteroatoms. The molecule has 0 saturated carbocycles. The van der Waals surface area contributed by atoms with Crippen molar-refractivity contribution in [3.05, 3.63) is 72.4 Å². The molecule has 0 unspecified atom stereocenters. The van der Waals surface area contributed by atoms with Gasteiger partial charge in [-0.25, -0.2) is 14.1 Å². The van der Waals surface area contributed by atoms with Crippen LogP contribution in [0, 0.1) is 5.82 Å². The van der Waals surface area contributed by atoms with Gasteiger partial charge in [-0.3, -0.25) is 0 Å². The molecule has 6 nitrogen and oxygen atoms in total. The Labute approximate surface area is 152 Å². The maximum absolute atomic E-state index is 13.0. The Morgan fingerprint density at radius 1 is 1.00 bits per heavy atom. The average molecular weight is 367 g/mol. The molecule has 0 spiro atoms. The van der Waals surface area contributed by atoms with Crippen LogP contribution in [0.25, 0.3) is 22.8 Å². The topological polar surface area (TPSA) is 82.8 Å².